The van der Waals surface area contributed by atoms with Gasteiger partial charge in [-0.25, -0.2) is 9.59 Å². The Bertz CT molecular complexity index is 526. The molecule has 6 heteroatoms. The lowest BCUT2D eigenvalue weighted by Crippen LogP contribution is -2.49. The molecule has 0 aliphatic heterocycles. The smallest absolute Gasteiger partial charge is 0.328 e. The molecule has 0 unspecified atom stereocenters. The van der Waals surface area contributed by atoms with E-state index < -0.39 is 24.1 Å². The summed E-state index contributed by atoms with van der Waals surface area (Å²) in [6.45, 7) is 7.19. The van der Waals surface area contributed by atoms with E-state index in [4.69, 9.17) is 5.11 Å². The predicted molar refractivity (Wildman–Crippen MR) is 80.5 cm³/mol. The number of nitrogens with one attached hydrogen (secondary N) is 2. The molecule has 0 aliphatic rings. The molecule has 2 amide bonds. The lowest BCUT2D eigenvalue weighted by atomic mass is 9.98. The van der Waals surface area contributed by atoms with Crippen LogP contribution < -0.4 is 10.6 Å². The van der Waals surface area contributed by atoms with Gasteiger partial charge in [-0.15, -0.1) is 0 Å². The first-order valence-corrected chi connectivity index (χ1v) is 6.82. The monoisotopic (exact) mass is 294 g/mol. The van der Waals surface area contributed by atoms with Crippen molar-refractivity contribution in [2.45, 2.75) is 45.8 Å². The average molecular weight is 294 g/mol. The maximum atomic E-state index is 12.0. The number of aryl methyl sites for hydroxylation is 1. The fraction of sp³-hybridized carbons (Fsp3) is 0.467. The Morgan fingerprint density at radius 2 is 1.81 bits per heavy atom. The number of anilines is 1. The van der Waals surface area contributed by atoms with E-state index in [1.54, 1.807) is 0 Å². The maximum absolute atomic E-state index is 12.0. The Kier molecular flexibility index (Phi) is 5.72. The third-order valence-corrected chi connectivity index (χ3v) is 3.20. The van der Waals surface area contributed by atoms with Crippen LogP contribution in [0.5, 0.6) is 0 Å². The van der Waals surface area contributed by atoms with Crippen LogP contribution in [0, 0.1) is 6.92 Å². The van der Waals surface area contributed by atoms with Crippen molar-refractivity contribution in [1.29, 1.82) is 0 Å². The topological polar surface area (TPSA) is 98.7 Å². The quantitative estimate of drug-likeness (QED) is 0.668. The summed E-state index contributed by atoms with van der Waals surface area (Å²) in [6.07, 6.45) is -1.19. The molecule has 0 saturated heterocycles. The standard InChI is InChI=1S/C15H22N2O4/c1-8(2)11-7-5-6-9(3)12(11)16-15(21)17-13(10(4)18)14(19)20/h5-8,10,13,18H,1-4H3,(H,19,20)(H2,16,17,21)/t10-,13+/m1/s1. The van der Waals surface area contributed by atoms with Crippen molar-refractivity contribution in [2.75, 3.05) is 5.32 Å². The Hall–Kier alpha value is -2.08. The van der Waals surface area contributed by atoms with Crippen LogP contribution in [0.1, 0.15) is 37.8 Å². The molecule has 0 heterocycles. The molecule has 1 aromatic rings. The number of benzene rings is 1. The highest BCUT2D eigenvalue weighted by Gasteiger charge is 2.25. The highest BCUT2D eigenvalue weighted by atomic mass is 16.4. The summed E-state index contributed by atoms with van der Waals surface area (Å²) >= 11 is 0. The molecule has 0 saturated carbocycles. The number of carboxylic acid groups (broad SMARTS) is 1. The number of aliphatic hydroxyl groups excluding tert-OH is 1. The molecular formula is C15H22N2O4. The fourth-order valence-corrected chi connectivity index (χ4v) is 2.02. The highest BCUT2D eigenvalue weighted by molar-refractivity contribution is 5.93. The van der Waals surface area contributed by atoms with E-state index in [0.29, 0.717) is 5.69 Å². The molecule has 0 aromatic heterocycles. The maximum Gasteiger partial charge on any atom is 0.328 e. The first kappa shape index (κ1) is 17.0. The van der Waals surface area contributed by atoms with Gasteiger partial charge in [0.05, 0.1) is 6.10 Å². The Morgan fingerprint density at radius 3 is 2.29 bits per heavy atom. The van der Waals surface area contributed by atoms with Crippen molar-refractivity contribution in [3.63, 3.8) is 0 Å². The van der Waals surface area contributed by atoms with Gasteiger partial charge in [-0.3, -0.25) is 0 Å². The number of hydrogen-bond acceptors (Lipinski definition) is 3. The van der Waals surface area contributed by atoms with Gasteiger partial charge in [0.15, 0.2) is 6.04 Å². The number of carbonyl (C=O) groups excluding carboxylic acids is 1. The number of aliphatic carboxylic acids is 1. The molecule has 0 bridgehead atoms. The van der Waals surface area contributed by atoms with Crippen LogP contribution >= 0.6 is 0 Å². The van der Waals surface area contributed by atoms with Gasteiger partial charge in [0.1, 0.15) is 0 Å². The van der Waals surface area contributed by atoms with E-state index in [-0.39, 0.29) is 5.92 Å². The van der Waals surface area contributed by atoms with Gasteiger partial charge in [0, 0.05) is 5.69 Å². The Labute approximate surface area is 124 Å². The molecule has 4 N–H and O–H groups in total. The van der Waals surface area contributed by atoms with E-state index >= 15 is 0 Å². The molecule has 0 aliphatic carbocycles. The predicted octanol–water partition coefficient (Wildman–Crippen LogP) is 2.07. The van der Waals surface area contributed by atoms with E-state index in [9.17, 15) is 14.7 Å². The first-order chi connectivity index (χ1) is 9.73. The van der Waals surface area contributed by atoms with Crippen molar-refractivity contribution in [2.24, 2.45) is 0 Å². The van der Waals surface area contributed by atoms with E-state index in [0.717, 1.165) is 11.1 Å². The molecule has 1 rings (SSSR count). The number of carboxylic acids is 1. The summed E-state index contributed by atoms with van der Waals surface area (Å²) in [4.78, 5) is 22.9. The minimum Gasteiger partial charge on any atom is -0.480 e. The summed E-state index contributed by atoms with van der Waals surface area (Å²) in [5, 5.41) is 23.3. The van der Waals surface area contributed by atoms with Crippen LogP contribution in [-0.2, 0) is 4.79 Å². The fourth-order valence-electron chi connectivity index (χ4n) is 2.02. The highest BCUT2D eigenvalue weighted by Crippen LogP contribution is 2.27. The number of rotatable bonds is 5. The summed E-state index contributed by atoms with van der Waals surface area (Å²) in [6, 6.07) is 3.68. The summed E-state index contributed by atoms with van der Waals surface area (Å²) in [5.74, 6) is -1.07. The number of para-hydroxylation sites is 1. The zero-order chi connectivity index (χ0) is 16.2. The summed E-state index contributed by atoms with van der Waals surface area (Å²) in [5.41, 5.74) is 2.52. The molecule has 0 spiro atoms. The molecule has 116 valence electrons. The van der Waals surface area contributed by atoms with Gasteiger partial charge < -0.3 is 20.8 Å². The lowest BCUT2D eigenvalue weighted by molar-refractivity contribution is -0.141. The van der Waals surface area contributed by atoms with Crippen LogP contribution in [-0.4, -0.2) is 34.4 Å². The second kappa shape index (κ2) is 7.08. The van der Waals surface area contributed by atoms with Gasteiger partial charge in [-0.05, 0) is 30.9 Å². The Balaban J connectivity index is 2.91. The van der Waals surface area contributed by atoms with Crippen molar-refractivity contribution in [1.82, 2.24) is 5.32 Å². The van der Waals surface area contributed by atoms with Crippen molar-refractivity contribution in [3.8, 4) is 0 Å². The normalized spacial score (nSPS) is 13.6. The number of carbonyl (C=O) groups is 2. The van der Waals surface area contributed by atoms with Gasteiger partial charge >= 0.3 is 12.0 Å². The van der Waals surface area contributed by atoms with E-state index in [1.807, 2.05) is 39.0 Å². The van der Waals surface area contributed by atoms with Crippen LogP contribution in [0.2, 0.25) is 0 Å². The minimum absolute atomic E-state index is 0.215. The summed E-state index contributed by atoms with van der Waals surface area (Å²) in [7, 11) is 0. The van der Waals surface area contributed by atoms with Crippen LogP contribution in [0.3, 0.4) is 0 Å². The lowest BCUT2D eigenvalue weighted by Gasteiger charge is -2.20. The molecule has 2 atom stereocenters. The number of amides is 2. The number of hydrogen-bond donors (Lipinski definition) is 4. The molecule has 0 fully saturated rings. The first-order valence-electron chi connectivity index (χ1n) is 6.82. The molecule has 21 heavy (non-hydrogen) atoms. The Morgan fingerprint density at radius 1 is 1.19 bits per heavy atom. The number of urea groups is 1. The van der Waals surface area contributed by atoms with Gasteiger partial charge in [-0.2, -0.15) is 0 Å². The second-order valence-electron chi connectivity index (χ2n) is 5.35. The molecule has 6 nitrogen and oxygen atoms in total. The van der Waals surface area contributed by atoms with Gasteiger partial charge in [0.25, 0.3) is 0 Å². The molecule has 1 aromatic carbocycles. The zero-order valence-corrected chi connectivity index (χ0v) is 12.7. The van der Waals surface area contributed by atoms with E-state index in [2.05, 4.69) is 10.6 Å². The van der Waals surface area contributed by atoms with Crippen molar-refractivity contribution < 1.29 is 19.8 Å². The van der Waals surface area contributed by atoms with Crippen molar-refractivity contribution in [3.05, 3.63) is 29.3 Å². The molecule has 0 radical (unpaired) electrons. The van der Waals surface area contributed by atoms with Crippen LogP contribution in [0.15, 0.2) is 18.2 Å². The minimum atomic E-state index is -1.35. The van der Waals surface area contributed by atoms with E-state index in [1.165, 1.54) is 6.92 Å². The molecular weight excluding hydrogens is 272 g/mol. The van der Waals surface area contributed by atoms with Gasteiger partial charge in [0.2, 0.25) is 0 Å². The van der Waals surface area contributed by atoms with Crippen LogP contribution in [0.4, 0.5) is 10.5 Å². The average Bonchev–Trinajstić information content (AvgIpc) is 2.37. The SMILES string of the molecule is Cc1cccc(C(C)C)c1NC(=O)N[C@H](C(=O)O)[C@@H](C)O. The summed E-state index contributed by atoms with van der Waals surface area (Å²) < 4.78 is 0. The largest absolute Gasteiger partial charge is 0.480 e. The third kappa shape index (κ3) is 4.46. The number of aliphatic hydroxyl groups is 1. The second-order valence-corrected chi connectivity index (χ2v) is 5.35. The zero-order valence-electron chi connectivity index (χ0n) is 12.7. The van der Waals surface area contributed by atoms with Gasteiger partial charge in [-0.1, -0.05) is 32.0 Å². The van der Waals surface area contributed by atoms with Crippen molar-refractivity contribution >= 4 is 17.7 Å². The van der Waals surface area contributed by atoms with Crippen LogP contribution in [0.25, 0.3) is 0 Å². The third-order valence-electron chi connectivity index (χ3n) is 3.20.